The van der Waals surface area contributed by atoms with Crippen molar-refractivity contribution in [2.24, 2.45) is 5.92 Å². The maximum Gasteiger partial charge on any atom is 4.00 e. The van der Waals surface area contributed by atoms with Gasteiger partial charge in [-0.25, -0.2) is 5.57 Å². The van der Waals surface area contributed by atoms with Crippen LogP contribution in [0.5, 0.6) is 0 Å². The third-order valence-electron chi connectivity index (χ3n) is 3.75. The van der Waals surface area contributed by atoms with Gasteiger partial charge in [-0.05, 0) is 25.9 Å². The van der Waals surface area contributed by atoms with Crippen molar-refractivity contribution in [1.82, 2.24) is 4.90 Å². The molecule has 1 fully saturated rings. The molecule has 1 nitrogen and oxygen atoms in total. The second kappa shape index (κ2) is 12.5. The largest absolute Gasteiger partial charge is 4.00 e. The van der Waals surface area contributed by atoms with Crippen molar-refractivity contribution >= 4 is 0 Å². The maximum absolute atomic E-state index is 3.79. The van der Waals surface area contributed by atoms with Gasteiger partial charge in [0.25, 0.3) is 0 Å². The number of nitrogens with zero attached hydrogens (tertiary/aromatic N) is 1. The molecule has 0 amide bonds. The van der Waals surface area contributed by atoms with Gasteiger partial charge in [-0.3, -0.25) is 6.08 Å². The predicted octanol–water partition coefficient (Wildman–Crippen LogP) is -2.36. The molecule has 0 bridgehead atoms. The summed E-state index contributed by atoms with van der Waals surface area (Å²) >= 11 is 0. The zero-order valence-corrected chi connectivity index (χ0v) is 15.6. The van der Waals surface area contributed by atoms with E-state index < -0.39 is 0 Å². The molecule has 4 heteroatoms. The first kappa shape index (κ1) is 24.7. The van der Waals surface area contributed by atoms with Crippen LogP contribution in [0.2, 0.25) is 0 Å². The number of hydrogen-bond acceptors (Lipinski definition) is 1. The Bertz CT molecular complexity index is 295. The molecule has 0 radical (unpaired) electrons. The summed E-state index contributed by atoms with van der Waals surface area (Å²) in [6.45, 7) is 16.0. The maximum atomic E-state index is 3.79. The number of likely N-dealkylation sites (tertiary alicyclic amines) is 1. The monoisotopic (exact) mass is 337 g/mol. The summed E-state index contributed by atoms with van der Waals surface area (Å²) in [5.41, 5.74) is 4.25. The Labute approximate surface area is 147 Å². The third kappa shape index (κ3) is 7.92. The molecular formula is C15H25Cl2NTi. The van der Waals surface area contributed by atoms with E-state index in [4.69, 9.17) is 0 Å². The van der Waals surface area contributed by atoms with Gasteiger partial charge in [0.1, 0.15) is 0 Å². The van der Waals surface area contributed by atoms with Gasteiger partial charge in [0.05, 0.1) is 0 Å². The molecule has 0 N–H and O–H groups in total. The normalized spacial score (nSPS) is 21.5. The summed E-state index contributed by atoms with van der Waals surface area (Å²) in [6, 6.07) is 0. The van der Waals surface area contributed by atoms with Crippen LogP contribution in [0.4, 0.5) is 0 Å². The Balaban J connectivity index is -0.000000237. The zero-order chi connectivity index (χ0) is 12.1. The Hall–Kier alpha value is 0.734. The van der Waals surface area contributed by atoms with E-state index >= 15 is 0 Å². The van der Waals surface area contributed by atoms with Crippen molar-refractivity contribution in [3.63, 3.8) is 0 Å². The topological polar surface area (TPSA) is 3.24 Å². The van der Waals surface area contributed by atoms with Crippen LogP contribution < -0.4 is 24.8 Å². The van der Waals surface area contributed by atoms with Gasteiger partial charge in [0.2, 0.25) is 0 Å². The van der Waals surface area contributed by atoms with Crippen molar-refractivity contribution in [1.29, 1.82) is 0 Å². The van der Waals surface area contributed by atoms with Crippen LogP contribution in [0.1, 0.15) is 40.5 Å². The number of allylic oxidation sites excluding steroid dienone is 4. The Morgan fingerprint density at radius 2 is 1.63 bits per heavy atom. The molecule has 0 aromatic heterocycles. The van der Waals surface area contributed by atoms with Gasteiger partial charge in [0.15, 0.2) is 0 Å². The number of hydrogen-bond donors (Lipinski definition) is 0. The molecule has 1 aliphatic carbocycles. The number of rotatable bonds is 1. The Kier molecular flexibility index (Phi) is 16.2. The van der Waals surface area contributed by atoms with Gasteiger partial charge in [-0.1, -0.05) is 26.7 Å². The smallest absolute Gasteiger partial charge is 1.00 e. The quantitative estimate of drug-likeness (QED) is 0.382. The summed E-state index contributed by atoms with van der Waals surface area (Å²) < 4.78 is 0. The molecule has 1 unspecified atom stereocenters. The minimum absolute atomic E-state index is 0. The molecule has 1 heterocycles. The average Bonchev–Trinajstić information content (AvgIpc) is 2.86. The SMILES string of the molecule is CC1=[C-]C(C)C(C)=C1C.[CH2-]CN1CCCC1.[Cl-].[Cl-].[Ti+4]. The first-order valence-corrected chi connectivity index (χ1v) is 6.35. The summed E-state index contributed by atoms with van der Waals surface area (Å²) in [4.78, 5) is 2.38. The van der Waals surface area contributed by atoms with E-state index in [1.807, 2.05) is 0 Å². The van der Waals surface area contributed by atoms with Crippen molar-refractivity contribution in [2.75, 3.05) is 19.6 Å². The van der Waals surface area contributed by atoms with Crippen LogP contribution in [-0.4, -0.2) is 24.5 Å². The molecule has 1 saturated heterocycles. The molecular weight excluding hydrogens is 313 g/mol. The van der Waals surface area contributed by atoms with Gasteiger partial charge < -0.3 is 36.6 Å². The molecule has 1 aliphatic heterocycles. The Morgan fingerprint density at radius 1 is 1.16 bits per heavy atom. The molecule has 2 rings (SSSR count). The molecule has 0 aromatic carbocycles. The molecule has 1 atom stereocenters. The van der Waals surface area contributed by atoms with E-state index in [0.717, 1.165) is 6.54 Å². The Morgan fingerprint density at radius 3 is 1.79 bits per heavy atom. The van der Waals surface area contributed by atoms with Crippen LogP contribution in [0.3, 0.4) is 0 Å². The zero-order valence-electron chi connectivity index (χ0n) is 12.5. The first-order chi connectivity index (χ1) is 7.56. The van der Waals surface area contributed by atoms with Gasteiger partial charge in [0, 0.05) is 0 Å². The van der Waals surface area contributed by atoms with Crippen molar-refractivity contribution in [3.8, 4) is 0 Å². The fraction of sp³-hybridized carbons (Fsp3) is 0.667. The molecule has 2 aliphatic rings. The van der Waals surface area contributed by atoms with E-state index in [2.05, 4.69) is 45.6 Å². The second-order valence-corrected chi connectivity index (χ2v) is 4.85. The summed E-state index contributed by atoms with van der Waals surface area (Å²) in [5.74, 6) is 0.560. The molecule has 108 valence electrons. The van der Waals surface area contributed by atoms with Gasteiger partial charge >= 0.3 is 21.7 Å². The summed E-state index contributed by atoms with van der Waals surface area (Å²) in [6.07, 6.45) is 6.13. The van der Waals surface area contributed by atoms with Crippen molar-refractivity contribution in [2.45, 2.75) is 40.5 Å². The van der Waals surface area contributed by atoms with Gasteiger partial charge in [-0.15, -0.1) is 13.5 Å². The van der Waals surface area contributed by atoms with E-state index in [1.54, 1.807) is 0 Å². The minimum atomic E-state index is 0. The first-order valence-electron chi connectivity index (χ1n) is 6.35. The molecule has 0 spiro atoms. The van der Waals surface area contributed by atoms with Crippen molar-refractivity contribution in [3.05, 3.63) is 29.7 Å². The van der Waals surface area contributed by atoms with E-state index in [0.29, 0.717) is 5.92 Å². The van der Waals surface area contributed by atoms with Crippen LogP contribution >= 0.6 is 0 Å². The van der Waals surface area contributed by atoms with Gasteiger partial charge in [-0.2, -0.15) is 11.1 Å². The van der Waals surface area contributed by atoms with E-state index in [9.17, 15) is 0 Å². The second-order valence-electron chi connectivity index (χ2n) is 4.85. The summed E-state index contributed by atoms with van der Waals surface area (Å²) in [5, 5.41) is 0. The fourth-order valence-electron chi connectivity index (χ4n) is 2.17. The minimum Gasteiger partial charge on any atom is -1.00 e. The molecule has 0 saturated carbocycles. The molecule has 19 heavy (non-hydrogen) atoms. The van der Waals surface area contributed by atoms with E-state index in [-0.39, 0.29) is 46.5 Å². The van der Waals surface area contributed by atoms with Crippen LogP contribution in [0.25, 0.3) is 0 Å². The summed E-state index contributed by atoms with van der Waals surface area (Å²) in [7, 11) is 0. The van der Waals surface area contributed by atoms with Crippen LogP contribution in [0, 0.1) is 18.9 Å². The van der Waals surface area contributed by atoms with Crippen LogP contribution in [0.15, 0.2) is 16.7 Å². The predicted molar refractivity (Wildman–Crippen MR) is 71.0 cm³/mol. The van der Waals surface area contributed by atoms with Crippen molar-refractivity contribution < 1.29 is 46.5 Å². The third-order valence-corrected chi connectivity index (χ3v) is 3.75. The standard InChI is InChI=1S/C9H13.C6H12N.2ClH.Ti/c1-6-5-7(2)9(4)8(6)3;1-2-7-5-3-4-6-7;;;/h6H,1-4H3;1-6H2;2*1H;/q2*-1;;;+4/p-2. The molecule has 0 aromatic rings. The van der Waals surface area contributed by atoms with E-state index in [1.165, 1.54) is 42.7 Å². The van der Waals surface area contributed by atoms with Crippen LogP contribution in [-0.2, 0) is 21.7 Å². The fourth-order valence-corrected chi connectivity index (χ4v) is 2.17. The number of halogens is 2. The average molecular weight is 338 g/mol.